The number of carbonyl (C=O) groups excluding carboxylic acids is 2. The lowest BCUT2D eigenvalue weighted by Gasteiger charge is -2.26. The van der Waals surface area contributed by atoms with Gasteiger partial charge in [-0.25, -0.2) is 5.01 Å². The predicted molar refractivity (Wildman–Crippen MR) is 111 cm³/mol. The molecule has 0 saturated carbocycles. The molecule has 1 aliphatic rings. The molecule has 0 spiro atoms. The zero-order valence-corrected chi connectivity index (χ0v) is 16.3. The molecule has 1 heterocycles. The van der Waals surface area contributed by atoms with Crippen molar-refractivity contribution in [1.82, 2.24) is 10.2 Å². The number of likely N-dealkylation sites (N-methyl/N-ethyl adjacent to an activating group) is 1. The summed E-state index contributed by atoms with van der Waals surface area (Å²) < 4.78 is 0. The van der Waals surface area contributed by atoms with Gasteiger partial charge in [-0.1, -0.05) is 48.5 Å². The summed E-state index contributed by atoms with van der Waals surface area (Å²) in [5.74, 6) is -0.314. The predicted octanol–water partition coefficient (Wildman–Crippen LogP) is 2.46. The Bertz CT molecular complexity index is 834. The molecule has 28 heavy (non-hydrogen) atoms. The molecule has 2 aromatic rings. The van der Waals surface area contributed by atoms with Gasteiger partial charge in [0.05, 0.1) is 5.69 Å². The van der Waals surface area contributed by atoms with Crippen molar-refractivity contribution in [3.05, 3.63) is 66.2 Å². The molecule has 0 bridgehead atoms. The highest BCUT2D eigenvalue weighted by Gasteiger charge is 2.26. The second-order valence-electron chi connectivity index (χ2n) is 7.10. The second kappa shape index (κ2) is 9.28. The summed E-state index contributed by atoms with van der Waals surface area (Å²) in [7, 11) is 4.02. The number of benzene rings is 2. The van der Waals surface area contributed by atoms with Crippen LogP contribution in [0.5, 0.6) is 0 Å². The van der Waals surface area contributed by atoms with E-state index < -0.39 is 0 Å². The van der Waals surface area contributed by atoms with Crippen LogP contribution in [0.3, 0.4) is 0 Å². The van der Waals surface area contributed by atoms with Gasteiger partial charge >= 0.3 is 0 Å². The summed E-state index contributed by atoms with van der Waals surface area (Å²) in [6.07, 6.45) is 1.48. The fraction of sp³-hybridized carbons (Fsp3) is 0.318. The van der Waals surface area contributed by atoms with E-state index in [-0.39, 0.29) is 24.3 Å². The normalized spacial score (nSPS) is 15.3. The Balaban J connectivity index is 1.65. The number of nitrogens with zero attached hydrogens (tertiary/aromatic N) is 3. The molecule has 6 nitrogen and oxygen atoms in total. The molecule has 0 aromatic heterocycles. The van der Waals surface area contributed by atoms with E-state index >= 15 is 0 Å². The first-order valence-corrected chi connectivity index (χ1v) is 9.48. The third kappa shape index (κ3) is 5.04. The van der Waals surface area contributed by atoms with Gasteiger partial charge < -0.3 is 10.2 Å². The van der Waals surface area contributed by atoms with Crippen molar-refractivity contribution >= 4 is 23.2 Å². The highest BCUT2D eigenvalue weighted by molar-refractivity contribution is 6.40. The third-order valence-corrected chi connectivity index (χ3v) is 4.84. The summed E-state index contributed by atoms with van der Waals surface area (Å²) in [5, 5.41) is 8.63. The zero-order valence-electron chi connectivity index (χ0n) is 16.3. The first-order valence-electron chi connectivity index (χ1n) is 9.48. The van der Waals surface area contributed by atoms with Gasteiger partial charge in [-0.3, -0.25) is 9.59 Å². The Morgan fingerprint density at radius 1 is 1.07 bits per heavy atom. The highest BCUT2D eigenvalue weighted by atomic mass is 16.2. The van der Waals surface area contributed by atoms with Gasteiger partial charge in [0.1, 0.15) is 5.71 Å². The van der Waals surface area contributed by atoms with Crippen LogP contribution in [-0.4, -0.2) is 49.1 Å². The van der Waals surface area contributed by atoms with Crippen LogP contribution in [0.1, 0.15) is 18.4 Å². The minimum Gasteiger partial charge on any atom is -0.349 e. The molecule has 0 saturated heterocycles. The lowest BCUT2D eigenvalue weighted by atomic mass is 10.0. The van der Waals surface area contributed by atoms with Crippen LogP contribution in [0, 0.1) is 0 Å². The van der Waals surface area contributed by atoms with Crippen LogP contribution in [0.2, 0.25) is 0 Å². The van der Waals surface area contributed by atoms with Gasteiger partial charge in [0.2, 0.25) is 5.91 Å². The number of para-hydroxylation sites is 1. The Hall–Kier alpha value is -2.99. The van der Waals surface area contributed by atoms with E-state index in [1.807, 2.05) is 62.6 Å². The quantitative estimate of drug-likeness (QED) is 0.805. The summed E-state index contributed by atoms with van der Waals surface area (Å²) in [4.78, 5) is 27.0. The van der Waals surface area contributed by atoms with E-state index in [1.165, 1.54) is 10.6 Å². The second-order valence-corrected chi connectivity index (χ2v) is 7.10. The summed E-state index contributed by atoms with van der Waals surface area (Å²) in [6.45, 7) is 0.513. The SMILES string of the molecule is CN(C)C(CNC(=O)C1=NN(c2ccccc2)C(=O)CC1)Cc1ccccc1. The lowest BCUT2D eigenvalue weighted by molar-refractivity contribution is -0.119. The average molecular weight is 378 g/mol. The van der Waals surface area contributed by atoms with Crippen molar-refractivity contribution in [2.75, 3.05) is 25.6 Å². The van der Waals surface area contributed by atoms with E-state index in [1.54, 1.807) is 0 Å². The van der Waals surface area contributed by atoms with Crippen molar-refractivity contribution in [2.45, 2.75) is 25.3 Å². The Kier molecular flexibility index (Phi) is 6.55. The number of rotatable bonds is 7. The average Bonchev–Trinajstić information content (AvgIpc) is 2.72. The fourth-order valence-corrected chi connectivity index (χ4v) is 3.12. The molecule has 2 amide bonds. The Morgan fingerprint density at radius 2 is 1.71 bits per heavy atom. The van der Waals surface area contributed by atoms with Crippen LogP contribution in [0.25, 0.3) is 0 Å². The fourth-order valence-electron chi connectivity index (χ4n) is 3.12. The van der Waals surface area contributed by atoms with E-state index in [4.69, 9.17) is 0 Å². The maximum atomic E-state index is 12.7. The molecule has 3 rings (SSSR count). The Labute approximate surface area is 165 Å². The van der Waals surface area contributed by atoms with Crippen molar-refractivity contribution in [1.29, 1.82) is 0 Å². The van der Waals surface area contributed by atoms with Crippen LogP contribution in [-0.2, 0) is 16.0 Å². The van der Waals surface area contributed by atoms with Crippen LogP contribution in [0.4, 0.5) is 5.69 Å². The standard InChI is InChI=1S/C22H26N4O2/c1-25(2)19(15-17-9-5-3-6-10-17)16-23-22(28)20-13-14-21(27)26(24-20)18-11-7-4-8-12-18/h3-12,19H,13-16H2,1-2H3,(H,23,28). The monoisotopic (exact) mass is 378 g/mol. The summed E-state index contributed by atoms with van der Waals surface area (Å²) in [6, 6.07) is 19.6. The van der Waals surface area contributed by atoms with E-state index in [9.17, 15) is 9.59 Å². The molecule has 1 aliphatic heterocycles. The van der Waals surface area contributed by atoms with Gasteiger partial charge in [0.25, 0.3) is 5.91 Å². The molecule has 0 fully saturated rings. The van der Waals surface area contributed by atoms with Crippen LogP contribution >= 0.6 is 0 Å². The zero-order chi connectivity index (χ0) is 19.9. The molecule has 0 aliphatic carbocycles. The van der Waals surface area contributed by atoms with Crippen molar-refractivity contribution in [3.63, 3.8) is 0 Å². The molecular weight excluding hydrogens is 352 g/mol. The molecule has 6 heteroatoms. The van der Waals surface area contributed by atoms with Gasteiger partial charge in [0, 0.05) is 25.4 Å². The van der Waals surface area contributed by atoms with Gasteiger partial charge in [-0.05, 0) is 38.2 Å². The number of hydrazone groups is 1. The van der Waals surface area contributed by atoms with E-state index in [0.717, 1.165) is 6.42 Å². The first-order chi connectivity index (χ1) is 13.5. The lowest BCUT2D eigenvalue weighted by Crippen LogP contribution is -2.45. The number of amides is 2. The Morgan fingerprint density at radius 3 is 2.36 bits per heavy atom. The minimum atomic E-state index is -0.214. The van der Waals surface area contributed by atoms with Gasteiger partial charge in [0.15, 0.2) is 0 Å². The molecule has 0 radical (unpaired) electrons. The topological polar surface area (TPSA) is 65.0 Å². The number of hydrogen-bond donors (Lipinski definition) is 1. The number of hydrogen-bond acceptors (Lipinski definition) is 4. The number of carbonyl (C=O) groups is 2. The molecule has 1 unspecified atom stereocenters. The molecule has 2 aromatic carbocycles. The van der Waals surface area contributed by atoms with Gasteiger partial charge in [-0.2, -0.15) is 5.10 Å². The van der Waals surface area contributed by atoms with Crippen molar-refractivity contribution < 1.29 is 9.59 Å². The maximum Gasteiger partial charge on any atom is 0.267 e. The minimum absolute atomic E-state index is 0.0991. The third-order valence-electron chi connectivity index (χ3n) is 4.84. The van der Waals surface area contributed by atoms with Gasteiger partial charge in [-0.15, -0.1) is 0 Å². The molecule has 1 atom stereocenters. The number of anilines is 1. The van der Waals surface area contributed by atoms with E-state index in [2.05, 4.69) is 27.5 Å². The molecular formula is C22H26N4O2. The first kappa shape index (κ1) is 19.8. The summed E-state index contributed by atoms with van der Waals surface area (Å²) in [5.41, 5.74) is 2.29. The summed E-state index contributed by atoms with van der Waals surface area (Å²) >= 11 is 0. The van der Waals surface area contributed by atoms with Crippen molar-refractivity contribution in [3.8, 4) is 0 Å². The molecule has 1 N–H and O–H groups in total. The van der Waals surface area contributed by atoms with E-state index in [0.29, 0.717) is 24.4 Å². The largest absolute Gasteiger partial charge is 0.349 e. The number of nitrogens with one attached hydrogen (secondary N) is 1. The van der Waals surface area contributed by atoms with Crippen LogP contribution in [0.15, 0.2) is 65.8 Å². The van der Waals surface area contributed by atoms with Crippen molar-refractivity contribution in [2.24, 2.45) is 5.10 Å². The smallest absolute Gasteiger partial charge is 0.267 e. The molecule has 146 valence electrons. The van der Waals surface area contributed by atoms with Crippen LogP contribution < -0.4 is 10.3 Å². The maximum absolute atomic E-state index is 12.7. The highest BCUT2D eigenvalue weighted by Crippen LogP contribution is 2.19.